The molecule has 1 heterocycles. The Morgan fingerprint density at radius 2 is 1.88 bits per heavy atom. The Bertz CT molecular complexity index is 507. The zero-order valence-electron chi connectivity index (χ0n) is 8.56. The molecule has 2 rings (SSSR count). The molecule has 0 aliphatic carbocycles. The molecule has 0 atom stereocenters. The topological polar surface area (TPSA) is 74.7 Å². The highest BCUT2D eigenvalue weighted by molar-refractivity contribution is 6.49. The predicted octanol–water partition coefficient (Wildman–Crippen LogP) is 0.577. The van der Waals surface area contributed by atoms with Gasteiger partial charge in [-0.05, 0) is 19.1 Å². The predicted molar refractivity (Wildman–Crippen MR) is 54.2 cm³/mol. The number of carbonyl (C=O) groups is 3. The summed E-state index contributed by atoms with van der Waals surface area (Å²) in [6.45, 7) is 1.70. The van der Waals surface area contributed by atoms with Gasteiger partial charge in [-0.2, -0.15) is 0 Å². The van der Waals surface area contributed by atoms with Gasteiger partial charge in [0.05, 0.1) is 5.56 Å². The van der Waals surface area contributed by atoms with Gasteiger partial charge >= 0.3 is 5.91 Å². The van der Waals surface area contributed by atoms with Gasteiger partial charge in [-0.1, -0.05) is 6.07 Å². The summed E-state index contributed by atoms with van der Waals surface area (Å²) >= 11 is 0. The van der Waals surface area contributed by atoms with Crippen molar-refractivity contribution in [2.45, 2.75) is 6.92 Å². The number of imide groups is 1. The average Bonchev–Trinajstić information content (AvgIpc) is 2.26. The number of fused-ring (bicyclic) bond motifs is 1. The first-order chi connectivity index (χ1) is 7.57. The van der Waals surface area contributed by atoms with E-state index in [1.807, 2.05) is 0 Å². The Kier molecular flexibility index (Phi) is 2.23. The first-order valence-corrected chi connectivity index (χ1v) is 4.80. The van der Waals surface area contributed by atoms with Gasteiger partial charge in [0.25, 0.3) is 11.7 Å². The van der Waals surface area contributed by atoms with Crippen molar-refractivity contribution in [2.24, 2.45) is 0 Å². The number of carbonyl (C=O) groups excluding carboxylic acids is 3. The van der Waals surface area contributed by atoms with Gasteiger partial charge in [-0.3, -0.25) is 19.3 Å². The second kappa shape index (κ2) is 3.44. The van der Waals surface area contributed by atoms with E-state index in [9.17, 15) is 19.5 Å². The maximum atomic E-state index is 11.8. The third-order valence-corrected chi connectivity index (χ3v) is 2.50. The molecule has 5 heteroatoms. The van der Waals surface area contributed by atoms with Crippen LogP contribution in [0.4, 0.5) is 0 Å². The number of benzene rings is 1. The van der Waals surface area contributed by atoms with Gasteiger partial charge < -0.3 is 5.11 Å². The molecule has 16 heavy (non-hydrogen) atoms. The first kappa shape index (κ1) is 10.4. The zero-order chi connectivity index (χ0) is 11.9. The Morgan fingerprint density at radius 3 is 2.50 bits per heavy atom. The molecule has 0 saturated carbocycles. The van der Waals surface area contributed by atoms with E-state index >= 15 is 0 Å². The number of Topliss-reactive ketones (excluding diaryl/α,β-unsaturated/α-hetero) is 1. The van der Waals surface area contributed by atoms with Crippen LogP contribution in [0.5, 0.6) is 5.75 Å². The van der Waals surface area contributed by atoms with Gasteiger partial charge in [0.2, 0.25) is 0 Å². The third kappa shape index (κ3) is 1.21. The lowest BCUT2D eigenvalue weighted by atomic mass is 9.96. The van der Waals surface area contributed by atoms with Crippen LogP contribution in [0.15, 0.2) is 18.2 Å². The van der Waals surface area contributed by atoms with Crippen LogP contribution in [0.2, 0.25) is 0 Å². The number of amides is 2. The molecule has 0 radical (unpaired) electrons. The third-order valence-electron chi connectivity index (χ3n) is 2.50. The van der Waals surface area contributed by atoms with Gasteiger partial charge in [-0.25, -0.2) is 0 Å². The largest absolute Gasteiger partial charge is 0.507 e. The second-order valence-corrected chi connectivity index (χ2v) is 3.38. The maximum absolute atomic E-state index is 11.8. The summed E-state index contributed by atoms with van der Waals surface area (Å²) < 4.78 is 0. The standard InChI is InChI=1S/C11H9NO4/c1-2-12-10(15)8-6(9(14)11(12)16)4-3-5-7(8)13/h3-5,13H,2H2,1H3. The molecular weight excluding hydrogens is 210 g/mol. The summed E-state index contributed by atoms with van der Waals surface area (Å²) in [6, 6.07) is 4.10. The number of likely N-dealkylation sites (N-methyl/N-ethyl adjacent to an activating group) is 1. The average molecular weight is 219 g/mol. The fourth-order valence-corrected chi connectivity index (χ4v) is 1.71. The quantitative estimate of drug-likeness (QED) is 0.553. The monoisotopic (exact) mass is 219 g/mol. The smallest absolute Gasteiger partial charge is 0.301 e. The Hall–Kier alpha value is -2.17. The highest BCUT2D eigenvalue weighted by Crippen LogP contribution is 2.27. The van der Waals surface area contributed by atoms with Crippen molar-refractivity contribution >= 4 is 17.6 Å². The lowest BCUT2D eigenvalue weighted by Gasteiger charge is -2.24. The molecule has 1 aromatic rings. The van der Waals surface area contributed by atoms with Crippen molar-refractivity contribution in [3.8, 4) is 5.75 Å². The van der Waals surface area contributed by atoms with Crippen molar-refractivity contribution < 1.29 is 19.5 Å². The molecule has 5 nitrogen and oxygen atoms in total. The van der Waals surface area contributed by atoms with E-state index in [1.54, 1.807) is 6.92 Å². The zero-order valence-corrected chi connectivity index (χ0v) is 8.56. The molecule has 0 saturated heterocycles. The molecular formula is C11H9NO4. The molecule has 0 unspecified atom stereocenters. The number of ketones is 1. The van der Waals surface area contributed by atoms with E-state index in [-0.39, 0.29) is 23.4 Å². The fourth-order valence-electron chi connectivity index (χ4n) is 1.71. The maximum Gasteiger partial charge on any atom is 0.301 e. The number of phenols is 1. The van der Waals surface area contributed by atoms with Gasteiger partial charge in [0.1, 0.15) is 5.75 Å². The van der Waals surface area contributed by atoms with Crippen molar-refractivity contribution in [3.63, 3.8) is 0 Å². The van der Waals surface area contributed by atoms with Crippen LogP contribution in [0.1, 0.15) is 27.6 Å². The molecule has 0 bridgehead atoms. The Labute approximate surface area is 91.3 Å². The van der Waals surface area contributed by atoms with Crippen molar-refractivity contribution in [2.75, 3.05) is 6.54 Å². The molecule has 1 aliphatic rings. The number of rotatable bonds is 1. The van der Waals surface area contributed by atoms with Crippen molar-refractivity contribution in [1.82, 2.24) is 4.90 Å². The minimum absolute atomic E-state index is 0.0281. The number of aromatic hydroxyl groups is 1. The minimum Gasteiger partial charge on any atom is -0.507 e. The van der Waals surface area contributed by atoms with Crippen LogP contribution in [-0.2, 0) is 4.79 Å². The number of nitrogens with zero attached hydrogens (tertiary/aromatic N) is 1. The molecule has 0 fully saturated rings. The first-order valence-electron chi connectivity index (χ1n) is 4.80. The van der Waals surface area contributed by atoms with Crippen LogP contribution < -0.4 is 0 Å². The fraction of sp³-hybridized carbons (Fsp3) is 0.182. The summed E-state index contributed by atoms with van der Waals surface area (Å²) in [6.07, 6.45) is 0. The lowest BCUT2D eigenvalue weighted by Crippen LogP contribution is -2.45. The van der Waals surface area contributed by atoms with Crippen LogP contribution in [0.3, 0.4) is 0 Å². The normalized spacial score (nSPS) is 15.3. The van der Waals surface area contributed by atoms with E-state index in [2.05, 4.69) is 0 Å². The number of hydrogen-bond donors (Lipinski definition) is 1. The van der Waals surface area contributed by atoms with Gasteiger partial charge in [0.15, 0.2) is 0 Å². The summed E-state index contributed by atoms with van der Waals surface area (Å²) in [7, 11) is 0. The summed E-state index contributed by atoms with van der Waals surface area (Å²) in [5, 5.41) is 9.53. The molecule has 0 spiro atoms. The number of hydrogen-bond acceptors (Lipinski definition) is 4. The molecule has 1 N–H and O–H groups in total. The molecule has 0 aromatic heterocycles. The van der Waals surface area contributed by atoms with Crippen LogP contribution in [-0.4, -0.2) is 34.1 Å². The summed E-state index contributed by atoms with van der Waals surface area (Å²) in [4.78, 5) is 35.8. The Balaban J connectivity index is 2.69. The van der Waals surface area contributed by atoms with Gasteiger partial charge in [0, 0.05) is 12.1 Å². The molecule has 1 aromatic carbocycles. The van der Waals surface area contributed by atoms with Crippen LogP contribution >= 0.6 is 0 Å². The Morgan fingerprint density at radius 1 is 1.19 bits per heavy atom. The van der Waals surface area contributed by atoms with E-state index in [1.165, 1.54) is 18.2 Å². The molecule has 2 amide bonds. The minimum atomic E-state index is -0.842. The van der Waals surface area contributed by atoms with Crippen LogP contribution in [0, 0.1) is 0 Å². The summed E-state index contributed by atoms with van der Waals surface area (Å²) in [5.41, 5.74) is -0.117. The van der Waals surface area contributed by atoms with E-state index in [0.29, 0.717) is 0 Å². The van der Waals surface area contributed by atoms with E-state index in [0.717, 1.165) is 4.90 Å². The van der Waals surface area contributed by atoms with E-state index < -0.39 is 17.6 Å². The van der Waals surface area contributed by atoms with Crippen molar-refractivity contribution in [3.05, 3.63) is 29.3 Å². The SMILES string of the molecule is CCN1C(=O)C(=O)c2cccc(O)c2C1=O. The van der Waals surface area contributed by atoms with E-state index in [4.69, 9.17) is 0 Å². The lowest BCUT2D eigenvalue weighted by molar-refractivity contribution is -0.124. The highest BCUT2D eigenvalue weighted by Gasteiger charge is 2.38. The second-order valence-electron chi connectivity index (χ2n) is 3.38. The molecule has 82 valence electrons. The van der Waals surface area contributed by atoms with Crippen LogP contribution in [0.25, 0.3) is 0 Å². The summed E-state index contributed by atoms with van der Waals surface area (Å²) in [5.74, 6) is -2.50. The van der Waals surface area contributed by atoms with Gasteiger partial charge in [-0.15, -0.1) is 0 Å². The highest BCUT2D eigenvalue weighted by atomic mass is 16.3. The molecule has 1 aliphatic heterocycles. The van der Waals surface area contributed by atoms with Crippen molar-refractivity contribution in [1.29, 1.82) is 0 Å². The number of phenolic OH excluding ortho intramolecular Hbond substituents is 1.